The number of carbonyl (C=O) groups is 5. The molecule has 2 heterocycles. The fourth-order valence-electron chi connectivity index (χ4n) is 3.73. The Morgan fingerprint density at radius 3 is 2.35 bits per heavy atom. The first-order valence-electron chi connectivity index (χ1n) is 10.4. The molecule has 31 heavy (non-hydrogen) atoms. The van der Waals surface area contributed by atoms with Crippen molar-refractivity contribution in [1.82, 2.24) is 26.2 Å². The van der Waals surface area contributed by atoms with Gasteiger partial charge in [0.25, 0.3) is 0 Å². The molecule has 6 N–H and O–H groups in total. The maximum atomic E-state index is 12.8. The summed E-state index contributed by atoms with van der Waals surface area (Å²) in [6.07, 6.45) is 1.31. The number of hydrogen-bond acceptors (Lipinski definition) is 7. The van der Waals surface area contributed by atoms with E-state index in [4.69, 9.17) is 5.11 Å². The minimum absolute atomic E-state index is 0.249. The van der Waals surface area contributed by atoms with Crippen molar-refractivity contribution in [2.45, 2.75) is 69.8 Å². The second-order valence-electron chi connectivity index (χ2n) is 7.91. The summed E-state index contributed by atoms with van der Waals surface area (Å²) >= 11 is 0. The highest BCUT2D eigenvalue weighted by atomic mass is 16.4. The van der Waals surface area contributed by atoms with E-state index in [-0.39, 0.29) is 17.9 Å². The summed E-state index contributed by atoms with van der Waals surface area (Å²) in [7, 11) is 0. The van der Waals surface area contributed by atoms with Crippen molar-refractivity contribution in [3.05, 3.63) is 0 Å². The van der Waals surface area contributed by atoms with E-state index in [1.165, 1.54) is 11.8 Å². The Kier molecular flexibility index (Phi) is 8.75. The van der Waals surface area contributed by atoms with E-state index in [0.717, 1.165) is 13.0 Å². The lowest BCUT2D eigenvalue weighted by molar-refractivity contribution is -0.145. The number of hydrogen-bond donors (Lipinski definition) is 6. The molecule has 4 amide bonds. The van der Waals surface area contributed by atoms with Gasteiger partial charge in [-0.3, -0.25) is 19.2 Å². The van der Waals surface area contributed by atoms with Crippen molar-refractivity contribution >= 4 is 29.6 Å². The van der Waals surface area contributed by atoms with Crippen LogP contribution >= 0.6 is 0 Å². The summed E-state index contributed by atoms with van der Waals surface area (Å²) in [4.78, 5) is 61.9. The molecule has 2 saturated heterocycles. The van der Waals surface area contributed by atoms with Gasteiger partial charge >= 0.3 is 5.97 Å². The Morgan fingerprint density at radius 2 is 1.77 bits per heavy atom. The van der Waals surface area contributed by atoms with Gasteiger partial charge in [0.05, 0.1) is 18.7 Å². The second-order valence-corrected chi connectivity index (χ2v) is 7.91. The number of aliphatic hydroxyl groups is 1. The zero-order valence-electron chi connectivity index (χ0n) is 17.7. The lowest BCUT2D eigenvalue weighted by atomic mass is 10.1. The number of nitrogens with one attached hydrogen (secondary N) is 4. The number of amides is 4. The number of carboxylic acid groups (broad SMARTS) is 1. The van der Waals surface area contributed by atoms with Gasteiger partial charge in [-0.1, -0.05) is 0 Å². The van der Waals surface area contributed by atoms with E-state index in [1.54, 1.807) is 6.92 Å². The predicted octanol–water partition coefficient (Wildman–Crippen LogP) is -2.70. The van der Waals surface area contributed by atoms with Gasteiger partial charge in [0, 0.05) is 6.54 Å². The van der Waals surface area contributed by atoms with Crippen molar-refractivity contribution in [2.75, 3.05) is 19.6 Å². The molecule has 0 aromatic carbocycles. The largest absolute Gasteiger partial charge is 0.480 e. The molecular weight excluding hydrogens is 410 g/mol. The number of carbonyl (C=O) groups excluding carboxylic acids is 4. The first-order valence-corrected chi connectivity index (χ1v) is 10.4. The maximum Gasteiger partial charge on any atom is 0.328 e. The second kappa shape index (κ2) is 11.0. The summed E-state index contributed by atoms with van der Waals surface area (Å²) in [5.74, 6) is -3.34. The van der Waals surface area contributed by atoms with E-state index >= 15 is 0 Å². The van der Waals surface area contributed by atoms with E-state index in [1.807, 2.05) is 0 Å². The molecule has 0 bridgehead atoms. The van der Waals surface area contributed by atoms with Gasteiger partial charge in [-0.25, -0.2) is 4.79 Å². The molecule has 2 rings (SSSR count). The maximum absolute atomic E-state index is 12.8. The third-order valence-corrected chi connectivity index (χ3v) is 5.43. The minimum atomic E-state index is -1.49. The zero-order valence-corrected chi connectivity index (χ0v) is 17.7. The first-order chi connectivity index (χ1) is 14.6. The van der Waals surface area contributed by atoms with Crippen LogP contribution in [0.15, 0.2) is 0 Å². The predicted molar refractivity (Wildman–Crippen MR) is 108 cm³/mol. The number of rotatable bonds is 9. The standard InChI is InChI=1S/C19H31N5O7/c1-10(22-16(27)12-5-3-7-20-12)18(29)24-8-4-6-13(24)17(28)21-9-14(26)23-15(11(2)25)19(30)31/h10-13,15,20,25H,3-9H2,1-2H3,(H,21,28)(H,22,27)(H,23,26)(H,30,31)/t10-,11+,12-,13-,15-/m0/s1. The highest BCUT2D eigenvalue weighted by molar-refractivity contribution is 5.94. The minimum Gasteiger partial charge on any atom is -0.480 e. The van der Waals surface area contributed by atoms with E-state index in [0.29, 0.717) is 25.8 Å². The summed E-state index contributed by atoms with van der Waals surface area (Å²) in [6.45, 7) is 3.41. The van der Waals surface area contributed by atoms with Crippen molar-refractivity contribution in [1.29, 1.82) is 0 Å². The highest BCUT2D eigenvalue weighted by Gasteiger charge is 2.37. The van der Waals surface area contributed by atoms with Gasteiger partial charge in [-0.2, -0.15) is 0 Å². The molecule has 2 aliphatic heterocycles. The van der Waals surface area contributed by atoms with E-state index in [2.05, 4.69) is 21.3 Å². The van der Waals surface area contributed by atoms with Crippen LogP contribution in [0.4, 0.5) is 0 Å². The average Bonchev–Trinajstić information content (AvgIpc) is 3.41. The average molecular weight is 441 g/mol. The fraction of sp³-hybridized carbons (Fsp3) is 0.737. The lowest BCUT2D eigenvalue weighted by Gasteiger charge is -2.27. The first kappa shape index (κ1) is 24.5. The molecule has 0 aromatic rings. The van der Waals surface area contributed by atoms with Gasteiger partial charge in [-0.15, -0.1) is 0 Å². The number of nitrogens with zero attached hydrogens (tertiary/aromatic N) is 1. The van der Waals surface area contributed by atoms with Crippen molar-refractivity contribution < 1.29 is 34.2 Å². The van der Waals surface area contributed by atoms with E-state index < -0.39 is 48.6 Å². The monoisotopic (exact) mass is 441 g/mol. The Hall–Kier alpha value is -2.73. The smallest absolute Gasteiger partial charge is 0.328 e. The van der Waals surface area contributed by atoms with Crippen LogP contribution in [0.1, 0.15) is 39.5 Å². The number of aliphatic carboxylic acids is 1. The molecule has 2 fully saturated rings. The third-order valence-electron chi connectivity index (χ3n) is 5.43. The van der Waals surface area contributed by atoms with Crippen LogP contribution in [0.5, 0.6) is 0 Å². The molecule has 0 aliphatic carbocycles. The Labute approximate surface area is 180 Å². The molecule has 174 valence electrons. The Bertz CT molecular complexity index is 708. The van der Waals surface area contributed by atoms with Crippen LogP contribution < -0.4 is 21.3 Å². The third kappa shape index (κ3) is 6.62. The van der Waals surface area contributed by atoms with Crippen LogP contribution in [0, 0.1) is 0 Å². The van der Waals surface area contributed by atoms with Crippen LogP contribution in [0.3, 0.4) is 0 Å². The van der Waals surface area contributed by atoms with Crippen LogP contribution in [-0.4, -0.2) is 94.6 Å². The van der Waals surface area contributed by atoms with Crippen molar-refractivity contribution in [3.63, 3.8) is 0 Å². The van der Waals surface area contributed by atoms with Gasteiger partial charge in [-0.05, 0) is 46.1 Å². The van der Waals surface area contributed by atoms with Crippen molar-refractivity contribution in [3.8, 4) is 0 Å². The molecular formula is C19H31N5O7. The molecule has 0 saturated carbocycles. The molecule has 0 unspecified atom stereocenters. The van der Waals surface area contributed by atoms with Crippen LogP contribution in [0.2, 0.25) is 0 Å². The summed E-state index contributed by atoms with van der Waals surface area (Å²) in [5, 5.41) is 28.7. The van der Waals surface area contributed by atoms with Gasteiger partial charge in [0.15, 0.2) is 6.04 Å². The van der Waals surface area contributed by atoms with Crippen LogP contribution in [0.25, 0.3) is 0 Å². The SMILES string of the molecule is C[C@H](NC(=O)[C@@H]1CCCN1)C(=O)N1CCC[C@H]1C(=O)NCC(=O)N[C@H](C(=O)O)[C@@H](C)O. The molecule has 12 heteroatoms. The molecule has 2 aliphatic rings. The molecule has 12 nitrogen and oxygen atoms in total. The van der Waals surface area contributed by atoms with Crippen molar-refractivity contribution in [2.24, 2.45) is 0 Å². The topological polar surface area (TPSA) is 177 Å². The summed E-state index contributed by atoms with van der Waals surface area (Å²) < 4.78 is 0. The lowest BCUT2D eigenvalue weighted by Crippen LogP contribution is -2.55. The molecule has 0 spiro atoms. The molecule has 0 aromatic heterocycles. The highest BCUT2D eigenvalue weighted by Crippen LogP contribution is 2.18. The summed E-state index contributed by atoms with van der Waals surface area (Å²) in [5.41, 5.74) is 0. The number of aliphatic hydroxyl groups excluding tert-OH is 1. The number of carboxylic acids is 1. The molecule has 5 atom stereocenters. The Balaban J connectivity index is 1.86. The van der Waals surface area contributed by atoms with Gasteiger partial charge in [0.2, 0.25) is 23.6 Å². The normalized spacial score (nSPS) is 23.5. The Morgan fingerprint density at radius 1 is 1.06 bits per heavy atom. The number of likely N-dealkylation sites (tertiary alicyclic amines) is 1. The van der Waals surface area contributed by atoms with Crippen LogP contribution in [-0.2, 0) is 24.0 Å². The zero-order chi connectivity index (χ0) is 23.1. The molecule has 0 radical (unpaired) electrons. The van der Waals surface area contributed by atoms with Gasteiger partial charge in [0.1, 0.15) is 12.1 Å². The van der Waals surface area contributed by atoms with E-state index in [9.17, 15) is 29.1 Å². The summed E-state index contributed by atoms with van der Waals surface area (Å²) in [6, 6.07) is -3.39. The van der Waals surface area contributed by atoms with Gasteiger partial charge < -0.3 is 36.4 Å². The quantitative estimate of drug-likeness (QED) is 0.224. The fourth-order valence-corrected chi connectivity index (χ4v) is 3.73.